The molecule has 0 aliphatic heterocycles. The Labute approximate surface area is 59.4 Å². The highest BCUT2D eigenvalue weighted by Gasteiger charge is 2.23. The van der Waals surface area contributed by atoms with Crippen molar-refractivity contribution in [2.45, 2.75) is 50.8 Å². The first-order valence-corrected chi connectivity index (χ1v) is 4.06. The average Bonchev–Trinajstić information content (AvgIpc) is 1.90. The Bertz CT molecular complexity index is 82.6. The molecule has 0 amide bonds. The van der Waals surface area contributed by atoms with Gasteiger partial charge < -0.3 is 0 Å². The molecule has 0 nitrogen and oxygen atoms in total. The Morgan fingerprint density at radius 1 is 1.22 bits per heavy atom. The van der Waals surface area contributed by atoms with Crippen LogP contribution in [0.25, 0.3) is 0 Å². The number of hydrogen-bond donors (Lipinski definition) is 0. The van der Waals surface area contributed by atoms with Crippen LogP contribution < -0.4 is 0 Å². The van der Waals surface area contributed by atoms with Crippen molar-refractivity contribution in [1.29, 1.82) is 0 Å². The third-order valence-corrected chi connectivity index (χ3v) is 2.55. The summed E-state index contributed by atoms with van der Waals surface area (Å²) in [7, 11) is 6.06. The summed E-state index contributed by atoms with van der Waals surface area (Å²) in [5, 5.41) is 0.220. The van der Waals surface area contributed by atoms with Gasteiger partial charge in [-0.05, 0) is 0 Å². The van der Waals surface area contributed by atoms with Gasteiger partial charge in [0.05, 0.1) is 7.85 Å². The molecule has 0 spiro atoms. The monoisotopic (exact) mass is 122 g/mol. The fourth-order valence-corrected chi connectivity index (χ4v) is 1.61. The van der Waals surface area contributed by atoms with Crippen LogP contribution in [-0.2, 0) is 0 Å². The fourth-order valence-electron chi connectivity index (χ4n) is 1.61. The third kappa shape index (κ3) is 1.74. The summed E-state index contributed by atoms with van der Waals surface area (Å²) in [5.41, 5.74) is 0. The zero-order chi connectivity index (χ0) is 6.74. The van der Waals surface area contributed by atoms with Crippen LogP contribution in [0.1, 0.15) is 45.4 Å². The molecule has 0 aromatic carbocycles. The maximum Gasteiger partial charge on any atom is 0.0746 e. The first-order chi connectivity index (χ1) is 4.27. The molecule has 50 valence electrons. The first-order valence-electron chi connectivity index (χ1n) is 4.06. The van der Waals surface area contributed by atoms with Crippen LogP contribution in [0.15, 0.2) is 0 Å². The van der Waals surface area contributed by atoms with Crippen molar-refractivity contribution in [2.75, 3.05) is 0 Å². The summed E-state index contributed by atoms with van der Waals surface area (Å²) >= 11 is 0. The summed E-state index contributed by atoms with van der Waals surface area (Å²) in [5.74, 6) is 0. The topological polar surface area (TPSA) is 0 Å². The standard InChI is InChI=1S/C8H15B/c1-2-8(9)6-4-3-5-7-8/h2-7H2,1H3. The van der Waals surface area contributed by atoms with Gasteiger partial charge in [0, 0.05) is 0 Å². The Morgan fingerprint density at radius 3 is 2.11 bits per heavy atom. The summed E-state index contributed by atoms with van der Waals surface area (Å²) in [6.07, 6.45) is 7.77. The maximum absolute atomic E-state index is 6.06. The smallest absolute Gasteiger partial charge is 0.0663 e. The predicted octanol–water partition coefficient (Wildman–Crippen LogP) is 2.69. The molecular weight excluding hydrogens is 107 g/mol. The van der Waals surface area contributed by atoms with E-state index in [-0.39, 0.29) is 5.31 Å². The molecule has 0 bridgehead atoms. The van der Waals surface area contributed by atoms with Gasteiger partial charge in [-0.15, -0.1) is 0 Å². The lowest BCUT2D eigenvalue weighted by Crippen LogP contribution is -2.15. The van der Waals surface area contributed by atoms with Crippen molar-refractivity contribution in [2.24, 2.45) is 0 Å². The van der Waals surface area contributed by atoms with Crippen LogP contribution in [0.3, 0.4) is 0 Å². The lowest BCUT2D eigenvalue weighted by atomic mass is 9.59. The van der Waals surface area contributed by atoms with E-state index >= 15 is 0 Å². The van der Waals surface area contributed by atoms with E-state index < -0.39 is 0 Å². The van der Waals surface area contributed by atoms with Gasteiger partial charge in [-0.2, -0.15) is 0 Å². The molecule has 9 heavy (non-hydrogen) atoms. The van der Waals surface area contributed by atoms with Crippen LogP contribution >= 0.6 is 0 Å². The van der Waals surface area contributed by atoms with Crippen molar-refractivity contribution in [3.05, 3.63) is 0 Å². The van der Waals surface area contributed by atoms with E-state index in [1.54, 1.807) is 0 Å². The Balaban J connectivity index is 2.37. The molecule has 1 fully saturated rings. The maximum atomic E-state index is 6.06. The molecule has 2 radical (unpaired) electrons. The summed E-state index contributed by atoms with van der Waals surface area (Å²) < 4.78 is 0. The predicted molar refractivity (Wildman–Crippen MR) is 41.8 cm³/mol. The summed E-state index contributed by atoms with van der Waals surface area (Å²) in [4.78, 5) is 0. The molecule has 1 saturated carbocycles. The minimum Gasteiger partial charge on any atom is -0.0663 e. The third-order valence-electron chi connectivity index (χ3n) is 2.55. The molecule has 0 saturated heterocycles. The second-order valence-electron chi connectivity index (χ2n) is 3.28. The zero-order valence-electron chi connectivity index (χ0n) is 6.32. The molecule has 0 unspecified atom stereocenters. The largest absolute Gasteiger partial charge is 0.0746 e. The molecular formula is C8H15B. The van der Waals surface area contributed by atoms with Gasteiger partial charge in [0.25, 0.3) is 0 Å². The highest BCUT2D eigenvalue weighted by molar-refractivity contribution is 6.15. The minimum absolute atomic E-state index is 0.220. The van der Waals surface area contributed by atoms with E-state index in [0.717, 1.165) is 6.42 Å². The highest BCUT2D eigenvalue weighted by atomic mass is 14.2. The SMILES string of the molecule is [B]C1(CC)CCCCC1. The van der Waals surface area contributed by atoms with E-state index in [1.807, 2.05) is 0 Å². The highest BCUT2D eigenvalue weighted by Crippen LogP contribution is 2.42. The van der Waals surface area contributed by atoms with Crippen LogP contribution in [0.4, 0.5) is 0 Å². The van der Waals surface area contributed by atoms with Gasteiger partial charge in [-0.1, -0.05) is 50.8 Å². The zero-order valence-corrected chi connectivity index (χ0v) is 6.32. The molecule has 0 N–H and O–H groups in total. The van der Waals surface area contributed by atoms with Crippen LogP contribution in [-0.4, -0.2) is 7.85 Å². The van der Waals surface area contributed by atoms with E-state index in [1.165, 1.54) is 32.1 Å². The molecule has 1 aliphatic carbocycles. The number of rotatable bonds is 1. The molecule has 0 atom stereocenters. The van der Waals surface area contributed by atoms with Crippen LogP contribution in [0, 0.1) is 0 Å². The minimum atomic E-state index is 0.220. The van der Waals surface area contributed by atoms with Crippen molar-refractivity contribution in [1.82, 2.24) is 0 Å². The lowest BCUT2D eigenvalue weighted by molar-refractivity contribution is 0.370. The molecule has 1 heteroatoms. The normalized spacial score (nSPS) is 25.9. The summed E-state index contributed by atoms with van der Waals surface area (Å²) in [6.45, 7) is 2.20. The molecule has 1 rings (SSSR count). The fraction of sp³-hybridized carbons (Fsp3) is 1.00. The van der Waals surface area contributed by atoms with Crippen LogP contribution in [0.2, 0.25) is 5.31 Å². The van der Waals surface area contributed by atoms with Crippen LogP contribution in [0.5, 0.6) is 0 Å². The Hall–Kier alpha value is 0.0649. The van der Waals surface area contributed by atoms with Gasteiger partial charge in [0.1, 0.15) is 0 Å². The molecule has 1 aliphatic rings. The van der Waals surface area contributed by atoms with Gasteiger partial charge >= 0.3 is 0 Å². The Morgan fingerprint density at radius 2 is 1.78 bits per heavy atom. The molecule has 0 heterocycles. The van der Waals surface area contributed by atoms with Gasteiger partial charge in [-0.25, -0.2) is 0 Å². The molecule has 0 aromatic rings. The first kappa shape index (κ1) is 7.18. The van der Waals surface area contributed by atoms with E-state index in [9.17, 15) is 0 Å². The quantitative estimate of drug-likeness (QED) is 0.469. The summed E-state index contributed by atoms with van der Waals surface area (Å²) in [6, 6.07) is 0. The van der Waals surface area contributed by atoms with Gasteiger partial charge in [-0.3, -0.25) is 0 Å². The van der Waals surface area contributed by atoms with E-state index in [2.05, 4.69) is 6.92 Å². The molecule has 0 aromatic heterocycles. The van der Waals surface area contributed by atoms with E-state index in [0.29, 0.717) is 0 Å². The second-order valence-corrected chi connectivity index (χ2v) is 3.28. The Kier molecular flexibility index (Phi) is 2.20. The van der Waals surface area contributed by atoms with Crippen molar-refractivity contribution in [3.8, 4) is 0 Å². The van der Waals surface area contributed by atoms with Crippen molar-refractivity contribution in [3.63, 3.8) is 0 Å². The van der Waals surface area contributed by atoms with E-state index in [4.69, 9.17) is 7.85 Å². The van der Waals surface area contributed by atoms with Gasteiger partial charge in [0.2, 0.25) is 0 Å². The van der Waals surface area contributed by atoms with Crippen molar-refractivity contribution < 1.29 is 0 Å². The number of hydrogen-bond acceptors (Lipinski definition) is 0. The second kappa shape index (κ2) is 2.77. The lowest BCUT2D eigenvalue weighted by Gasteiger charge is -2.32. The van der Waals surface area contributed by atoms with Gasteiger partial charge in [0.15, 0.2) is 0 Å². The average molecular weight is 122 g/mol. The van der Waals surface area contributed by atoms with Crippen molar-refractivity contribution >= 4 is 7.85 Å².